The highest BCUT2D eigenvalue weighted by molar-refractivity contribution is 14.1. The topological polar surface area (TPSA) is 3.24 Å². The van der Waals surface area contributed by atoms with E-state index in [2.05, 4.69) is 112 Å². The highest BCUT2D eigenvalue weighted by Gasteiger charge is 2.23. The molecule has 0 unspecified atom stereocenters. The summed E-state index contributed by atoms with van der Waals surface area (Å²) in [5.41, 5.74) is 6.32. The molecule has 112 valence electrons. The zero-order chi connectivity index (χ0) is 15.7. The lowest BCUT2D eigenvalue weighted by molar-refractivity contribution is 1.01. The number of nitrogens with zero attached hydrogens (tertiary/aromatic N) is 1. The molecule has 3 heteroatoms. The van der Waals surface area contributed by atoms with Crippen molar-refractivity contribution in [2.75, 3.05) is 4.90 Å². The molecule has 0 bridgehead atoms. The van der Waals surface area contributed by atoms with E-state index in [1.165, 1.54) is 35.4 Å². The van der Waals surface area contributed by atoms with Gasteiger partial charge in [-0.25, -0.2) is 0 Å². The van der Waals surface area contributed by atoms with Crippen LogP contribution < -0.4 is 4.90 Å². The van der Waals surface area contributed by atoms with E-state index in [-0.39, 0.29) is 0 Å². The van der Waals surface area contributed by atoms with E-state index in [0.717, 1.165) is 12.8 Å². The summed E-state index contributed by atoms with van der Waals surface area (Å²) in [6.07, 6.45) is 2.17. The SMILES string of the molecule is C=C1CCC(C)=C1N(c1ccc(I)cc1)c1ccc(I)cc1. The molecular formula is C19H17I2N. The predicted molar refractivity (Wildman–Crippen MR) is 112 cm³/mol. The van der Waals surface area contributed by atoms with Crippen LogP contribution in [0.15, 0.2) is 72.0 Å². The van der Waals surface area contributed by atoms with Crippen LogP contribution in [0, 0.1) is 7.14 Å². The van der Waals surface area contributed by atoms with E-state index < -0.39 is 0 Å². The van der Waals surface area contributed by atoms with Crippen LogP contribution in [0.1, 0.15) is 19.8 Å². The van der Waals surface area contributed by atoms with Gasteiger partial charge in [-0.3, -0.25) is 0 Å². The molecule has 22 heavy (non-hydrogen) atoms. The molecule has 0 atom stereocenters. The Balaban J connectivity index is 2.14. The number of benzene rings is 2. The van der Waals surface area contributed by atoms with E-state index in [9.17, 15) is 0 Å². The molecule has 1 nitrogen and oxygen atoms in total. The van der Waals surface area contributed by atoms with E-state index in [0.29, 0.717) is 0 Å². The van der Waals surface area contributed by atoms with E-state index in [1.54, 1.807) is 0 Å². The van der Waals surface area contributed by atoms with Gasteiger partial charge in [0.1, 0.15) is 0 Å². The summed E-state index contributed by atoms with van der Waals surface area (Å²) in [6, 6.07) is 17.4. The average molecular weight is 513 g/mol. The van der Waals surface area contributed by atoms with Crippen molar-refractivity contribution in [1.29, 1.82) is 0 Å². The van der Waals surface area contributed by atoms with Crippen LogP contribution >= 0.6 is 45.2 Å². The largest absolute Gasteiger partial charge is 0.310 e. The first-order valence-corrected chi connectivity index (χ1v) is 9.41. The van der Waals surface area contributed by atoms with Crippen molar-refractivity contribution in [2.24, 2.45) is 0 Å². The lowest BCUT2D eigenvalue weighted by atomic mass is 10.1. The molecule has 0 fully saturated rings. The monoisotopic (exact) mass is 513 g/mol. The van der Waals surface area contributed by atoms with Gasteiger partial charge in [0.2, 0.25) is 0 Å². The molecule has 3 rings (SSSR count). The van der Waals surface area contributed by atoms with Crippen LogP contribution in [0.2, 0.25) is 0 Å². The molecule has 0 saturated heterocycles. The molecule has 0 amide bonds. The van der Waals surface area contributed by atoms with Gasteiger partial charge in [-0.1, -0.05) is 6.58 Å². The summed E-state index contributed by atoms with van der Waals surface area (Å²) >= 11 is 4.69. The van der Waals surface area contributed by atoms with Crippen molar-refractivity contribution in [3.63, 3.8) is 0 Å². The molecule has 0 radical (unpaired) electrons. The zero-order valence-electron chi connectivity index (χ0n) is 12.4. The second kappa shape index (κ2) is 6.74. The maximum Gasteiger partial charge on any atom is 0.0477 e. The lowest BCUT2D eigenvalue weighted by Crippen LogP contribution is -2.17. The maximum absolute atomic E-state index is 4.29. The van der Waals surface area contributed by atoms with Crippen molar-refractivity contribution < 1.29 is 0 Å². The van der Waals surface area contributed by atoms with Crippen molar-refractivity contribution in [2.45, 2.75) is 19.8 Å². The number of hydrogen-bond acceptors (Lipinski definition) is 1. The van der Waals surface area contributed by atoms with Crippen LogP contribution in [0.25, 0.3) is 0 Å². The fraction of sp³-hybridized carbons (Fsp3) is 0.158. The standard InChI is InChI=1S/C19H17I2N/c1-13-3-4-14(2)19(13)22(17-9-5-15(20)6-10-17)18-11-7-16(21)8-12-18/h5-12H,1,3-4H2,2H3. The van der Waals surface area contributed by atoms with Gasteiger partial charge < -0.3 is 4.90 Å². The lowest BCUT2D eigenvalue weighted by Gasteiger charge is -2.28. The third-order valence-corrected chi connectivity index (χ3v) is 5.37. The minimum absolute atomic E-state index is 1.06. The molecule has 0 saturated carbocycles. The predicted octanol–water partition coefficient (Wildman–Crippen LogP) is 6.66. The highest BCUT2D eigenvalue weighted by Crippen LogP contribution is 2.40. The summed E-state index contributed by atoms with van der Waals surface area (Å²) in [5, 5.41) is 0. The van der Waals surface area contributed by atoms with Gasteiger partial charge >= 0.3 is 0 Å². The molecular weight excluding hydrogens is 496 g/mol. The molecule has 0 aromatic heterocycles. The number of hydrogen-bond donors (Lipinski definition) is 0. The third-order valence-electron chi connectivity index (χ3n) is 3.93. The smallest absolute Gasteiger partial charge is 0.0477 e. The van der Waals surface area contributed by atoms with Crippen LogP contribution in [0.5, 0.6) is 0 Å². The van der Waals surface area contributed by atoms with Crippen LogP contribution in [-0.4, -0.2) is 0 Å². The Labute approximate surface area is 159 Å². The van der Waals surface area contributed by atoms with Crippen molar-refractivity contribution >= 4 is 56.6 Å². The van der Waals surface area contributed by atoms with Gasteiger partial charge in [0, 0.05) is 24.2 Å². The van der Waals surface area contributed by atoms with Crippen LogP contribution in [0.4, 0.5) is 11.4 Å². The van der Waals surface area contributed by atoms with Crippen molar-refractivity contribution in [3.8, 4) is 0 Å². The number of allylic oxidation sites excluding steroid dienone is 2. The first-order valence-electron chi connectivity index (χ1n) is 7.25. The summed E-state index contributed by atoms with van der Waals surface area (Å²) < 4.78 is 2.50. The Morgan fingerprint density at radius 2 is 1.27 bits per heavy atom. The Kier molecular flexibility index (Phi) is 4.92. The minimum Gasteiger partial charge on any atom is -0.310 e. The molecule has 2 aromatic carbocycles. The average Bonchev–Trinajstić information content (AvgIpc) is 2.83. The fourth-order valence-electron chi connectivity index (χ4n) is 2.81. The summed E-state index contributed by atoms with van der Waals surface area (Å²) in [5.74, 6) is 0. The summed E-state index contributed by atoms with van der Waals surface area (Å²) in [4.78, 5) is 2.34. The van der Waals surface area contributed by atoms with Gasteiger partial charge in [-0.15, -0.1) is 0 Å². The molecule has 2 aromatic rings. The Morgan fingerprint density at radius 1 is 0.818 bits per heavy atom. The van der Waals surface area contributed by atoms with Crippen LogP contribution in [0.3, 0.4) is 0 Å². The molecule has 0 N–H and O–H groups in total. The zero-order valence-corrected chi connectivity index (χ0v) is 16.8. The van der Waals surface area contributed by atoms with Crippen LogP contribution in [-0.2, 0) is 0 Å². The second-order valence-electron chi connectivity index (χ2n) is 5.52. The first kappa shape index (κ1) is 16.1. The van der Waals surface area contributed by atoms with Gasteiger partial charge in [0.15, 0.2) is 0 Å². The third kappa shape index (κ3) is 3.25. The quantitative estimate of drug-likeness (QED) is 0.416. The van der Waals surface area contributed by atoms with Crippen molar-refractivity contribution in [3.05, 3.63) is 79.1 Å². The van der Waals surface area contributed by atoms with Crippen molar-refractivity contribution in [1.82, 2.24) is 0 Å². The minimum atomic E-state index is 1.06. The maximum atomic E-state index is 4.29. The summed E-state index contributed by atoms with van der Waals surface area (Å²) in [6.45, 7) is 6.51. The number of anilines is 2. The molecule has 0 aliphatic heterocycles. The van der Waals surface area contributed by atoms with E-state index in [1.807, 2.05) is 0 Å². The molecule has 1 aliphatic rings. The molecule has 0 spiro atoms. The summed E-state index contributed by atoms with van der Waals surface area (Å²) in [7, 11) is 0. The molecule has 1 aliphatic carbocycles. The van der Waals surface area contributed by atoms with E-state index >= 15 is 0 Å². The highest BCUT2D eigenvalue weighted by atomic mass is 127. The second-order valence-corrected chi connectivity index (χ2v) is 8.01. The normalized spacial score (nSPS) is 14.6. The molecule has 0 heterocycles. The van der Waals surface area contributed by atoms with Gasteiger partial charge in [-0.05, 0) is 125 Å². The Morgan fingerprint density at radius 3 is 1.64 bits per heavy atom. The number of rotatable bonds is 3. The Hall–Kier alpha value is -0.820. The number of halogens is 2. The fourth-order valence-corrected chi connectivity index (χ4v) is 3.53. The van der Waals surface area contributed by atoms with Gasteiger partial charge in [0.25, 0.3) is 0 Å². The first-order chi connectivity index (χ1) is 10.6. The van der Waals surface area contributed by atoms with E-state index in [4.69, 9.17) is 0 Å². The van der Waals surface area contributed by atoms with Gasteiger partial charge in [0.05, 0.1) is 0 Å². The Bertz CT molecular complexity index is 682. The van der Waals surface area contributed by atoms with Gasteiger partial charge in [-0.2, -0.15) is 0 Å².